The average molecular weight is 518 g/mol. The van der Waals surface area contributed by atoms with Gasteiger partial charge in [0.2, 0.25) is 5.91 Å². The molecule has 0 saturated carbocycles. The standard InChI is InChI=1S/C20H24F2N4O2.HI/c1-3-23-20(25-12-15-10-16(21)6-9-18(15)22)26-13-19(27)24-11-14-4-7-17(28-2)8-5-14;/h4-10H,3,11-13H2,1-2H3,(H,24,27)(H2,23,25,26);1H. The van der Waals surface area contributed by atoms with Gasteiger partial charge in [0, 0.05) is 18.7 Å². The molecule has 0 fully saturated rings. The van der Waals surface area contributed by atoms with Crippen LogP contribution >= 0.6 is 24.0 Å². The van der Waals surface area contributed by atoms with E-state index in [4.69, 9.17) is 4.74 Å². The van der Waals surface area contributed by atoms with Gasteiger partial charge >= 0.3 is 0 Å². The third-order valence-corrected chi connectivity index (χ3v) is 3.82. The second-order valence-corrected chi connectivity index (χ2v) is 5.91. The zero-order valence-electron chi connectivity index (χ0n) is 16.3. The van der Waals surface area contributed by atoms with Crippen LogP contribution in [0.1, 0.15) is 18.1 Å². The van der Waals surface area contributed by atoms with Crippen molar-refractivity contribution in [2.45, 2.75) is 20.0 Å². The number of guanidine groups is 1. The number of benzene rings is 2. The van der Waals surface area contributed by atoms with Crippen molar-refractivity contribution < 1.29 is 18.3 Å². The monoisotopic (exact) mass is 518 g/mol. The van der Waals surface area contributed by atoms with E-state index in [1.807, 2.05) is 31.2 Å². The maximum atomic E-state index is 13.7. The van der Waals surface area contributed by atoms with Crippen LogP contribution in [0.25, 0.3) is 0 Å². The molecule has 0 aliphatic rings. The van der Waals surface area contributed by atoms with Gasteiger partial charge in [0.1, 0.15) is 17.4 Å². The SMILES string of the molecule is CCNC(=NCc1cc(F)ccc1F)NCC(=O)NCc1ccc(OC)cc1.I. The third kappa shape index (κ3) is 8.63. The van der Waals surface area contributed by atoms with Gasteiger partial charge < -0.3 is 20.7 Å². The normalized spacial score (nSPS) is 10.7. The lowest BCUT2D eigenvalue weighted by Crippen LogP contribution is -2.43. The summed E-state index contributed by atoms with van der Waals surface area (Å²) in [7, 11) is 1.59. The number of aliphatic imine (C=N–C) groups is 1. The maximum Gasteiger partial charge on any atom is 0.239 e. The summed E-state index contributed by atoms with van der Waals surface area (Å²) in [6.45, 7) is 2.75. The van der Waals surface area contributed by atoms with E-state index in [2.05, 4.69) is 20.9 Å². The predicted octanol–water partition coefficient (Wildman–Crippen LogP) is 2.96. The lowest BCUT2D eigenvalue weighted by Gasteiger charge is -2.12. The summed E-state index contributed by atoms with van der Waals surface area (Å²) in [4.78, 5) is 16.2. The zero-order chi connectivity index (χ0) is 20.4. The summed E-state index contributed by atoms with van der Waals surface area (Å²) in [6.07, 6.45) is 0. The molecule has 0 aliphatic heterocycles. The number of halogens is 3. The fourth-order valence-electron chi connectivity index (χ4n) is 2.34. The van der Waals surface area contributed by atoms with Gasteiger partial charge in [-0.3, -0.25) is 4.79 Å². The molecule has 0 aromatic heterocycles. The minimum absolute atomic E-state index is 0. The fraction of sp³-hybridized carbons (Fsp3) is 0.300. The van der Waals surface area contributed by atoms with E-state index in [0.717, 1.165) is 29.5 Å². The van der Waals surface area contributed by atoms with Gasteiger partial charge in [0.25, 0.3) is 0 Å². The maximum absolute atomic E-state index is 13.7. The first-order valence-corrected chi connectivity index (χ1v) is 8.87. The van der Waals surface area contributed by atoms with E-state index in [-0.39, 0.29) is 48.5 Å². The Kier molecular flexibility index (Phi) is 11.0. The molecule has 3 N–H and O–H groups in total. The number of nitrogens with one attached hydrogen (secondary N) is 3. The Morgan fingerprint density at radius 1 is 1.07 bits per heavy atom. The molecule has 2 aromatic carbocycles. The second kappa shape index (κ2) is 12.9. The largest absolute Gasteiger partial charge is 0.497 e. The zero-order valence-corrected chi connectivity index (χ0v) is 18.6. The number of methoxy groups -OCH3 is 1. The van der Waals surface area contributed by atoms with Crippen LogP contribution < -0.4 is 20.7 Å². The van der Waals surface area contributed by atoms with Gasteiger partial charge in [-0.15, -0.1) is 24.0 Å². The van der Waals surface area contributed by atoms with E-state index in [9.17, 15) is 13.6 Å². The molecule has 0 bridgehead atoms. The minimum atomic E-state index is -0.529. The molecule has 6 nitrogen and oxygen atoms in total. The first-order chi connectivity index (χ1) is 13.5. The average Bonchev–Trinajstić information content (AvgIpc) is 2.71. The van der Waals surface area contributed by atoms with E-state index in [0.29, 0.717) is 19.0 Å². The Hall–Kier alpha value is -2.43. The summed E-state index contributed by atoms with van der Waals surface area (Å²) in [5.74, 6) is -0.192. The quantitative estimate of drug-likeness (QED) is 0.286. The van der Waals surface area contributed by atoms with Crippen molar-refractivity contribution in [2.75, 3.05) is 20.2 Å². The Morgan fingerprint density at radius 3 is 2.45 bits per heavy atom. The van der Waals surface area contributed by atoms with Crippen molar-refractivity contribution in [3.63, 3.8) is 0 Å². The molecule has 158 valence electrons. The summed E-state index contributed by atoms with van der Waals surface area (Å²) < 4.78 is 32.0. The van der Waals surface area contributed by atoms with Crippen LogP contribution in [0.5, 0.6) is 5.75 Å². The molecule has 0 radical (unpaired) electrons. The Bertz CT molecular complexity index is 817. The molecular weight excluding hydrogens is 493 g/mol. The van der Waals surface area contributed by atoms with Gasteiger partial charge in [0.15, 0.2) is 5.96 Å². The lowest BCUT2D eigenvalue weighted by atomic mass is 10.2. The number of hydrogen-bond donors (Lipinski definition) is 3. The highest BCUT2D eigenvalue weighted by Gasteiger charge is 2.06. The van der Waals surface area contributed by atoms with Gasteiger partial charge in [-0.05, 0) is 42.8 Å². The van der Waals surface area contributed by atoms with Crippen LogP contribution in [0.4, 0.5) is 8.78 Å². The van der Waals surface area contributed by atoms with Crippen LogP contribution in [-0.2, 0) is 17.9 Å². The van der Waals surface area contributed by atoms with Crippen molar-refractivity contribution in [3.8, 4) is 5.75 Å². The molecule has 0 aliphatic carbocycles. The van der Waals surface area contributed by atoms with Crippen LogP contribution in [0, 0.1) is 11.6 Å². The molecular formula is C20H25F2IN4O2. The fourth-order valence-corrected chi connectivity index (χ4v) is 2.34. The molecule has 9 heteroatoms. The van der Waals surface area contributed by atoms with E-state index in [1.54, 1.807) is 7.11 Å². The Balaban J connectivity index is 0.00000420. The molecule has 1 amide bonds. The topological polar surface area (TPSA) is 74.8 Å². The van der Waals surface area contributed by atoms with Crippen LogP contribution in [0.3, 0.4) is 0 Å². The van der Waals surface area contributed by atoms with Crippen LogP contribution in [0.15, 0.2) is 47.5 Å². The molecule has 0 spiro atoms. The number of rotatable bonds is 8. The highest BCUT2D eigenvalue weighted by Crippen LogP contribution is 2.11. The first kappa shape index (κ1) is 24.6. The third-order valence-electron chi connectivity index (χ3n) is 3.82. The van der Waals surface area contributed by atoms with Gasteiger partial charge in [-0.2, -0.15) is 0 Å². The van der Waals surface area contributed by atoms with Gasteiger partial charge in [-0.25, -0.2) is 13.8 Å². The smallest absolute Gasteiger partial charge is 0.239 e. The number of nitrogens with zero attached hydrogens (tertiary/aromatic N) is 1. The summed E-state index contributed by atoms with van der Waals surface area (Å²) in [6, 6.07) is 10.6. The molecule has 0 saturated heterocycles. The van der Waals surface area contributed by atoms with E-state index >= 15 is 0 Å². The second-order valence-electron chi connectivity index (χ2n) is 5.91. The van der Waals surface area contributed by atoms with E-state index < -0.39 is 11.6 Å². The van der Waals surface area contributed by atoms with Crippen LogP contribution in [-0.4, -0.2) is 32.1 Å². The molecule has 2 aromatic rings. The lowest BCUT2D eigenvalue weighted by molar-refractivity contribution is -0.120. The van der Waals surface area contributed by atoms with E-state index in [1.165, 1.54) is 0 Å². The molecule has 2 rings (SSSR count). The highest BCUT2D eigenvalue weighted by atomic mass is 127. The summed E-state index contributed by atoms with van der Waals surface area (Å²) >= 11 is 0. The molecule has 0 heterocycles. The Morgan fingerprint density at radius 2 is 1.79 bits per heavy atom. The number of amides is 1. The molecule has 29 heavy (non-hydrogen) atoms. The highest BCUT2D eigenvalue weighted by molar-refractivity contribution is 14.0. The number of ether oxygens (including phenoxy) is 1. The van der Waals surface area contributed by atoms with Crippen molar-refractivity contribution in [2.24, 2.45) is 4.99 Å². The number of carbonyl (C=O) groups is 1. The van der Waals surface area contributed by atoms with Gasteiger partial charge in [-0.1, -0.05) is 12.1 Å². The molecule has 0 unspecified atom stereocenters. The summed E-state index contributed by atoms with van der Waals surface area (Å²) in [5.41, 5.74) is 1.08. The Labute approximate surface area is 186 Å². The van der Waals surface area contributed by atoms with Crippen molar-refractivity contribution >= 4 is 35.8 Å². The predicted molar refractivity (Wildman–Crippen MR) is 119 cm³/mol. The number of hydrogen-bond acceptors (Lipinski definition) is 3. The number of carbonyl (C=O) groups excluding carboxylic acids is 1. The van der Waals surface area contributed by atoms with Crippen LogP contribution in [0.2, 0.25) is 0 Å². The van der Waals surface area contributed by atoms with Crippen molar-refractivity contribution in [3.05, 3.63) is 65.2 Å². The minimum Gasteiger partial charge on any atom is -0.497 e. The van der Waals surface area contributed by atoms with Crippen molar-refractivity contribution in [1.29, 1.82) is 0 Å². The van der Waals surface area contributed by atoms with Gasteiger partial charge in [0.05, 0.1) is 20.2 Å². The molecule has 0 atom stereocenters. The summed E-state index contributed by atoms with van der Waals surface area (Å²) in [5, 5.41) is 8.62. The van der Waals surface area contributed by atoms with Crippen molar-refractivity contribution in [1.82, 2.24) is 16.0 Å². The first-order valence-electron chi connectivity index (χ1n) is 8.87.